The SMILES string of the molecule is CC1(C)Cc2cccc(OCC(=O)OCC(=O)Nc3ccc([N+](=O)[O-])cc3)c2O1. The highest BCUT2D eigenvalue weighted by Gasteiger charge is 2.32. The number of ether oxygens (including phenoxy) is 3. The van der Waals surface area contributed by atoms with Gasteiger partial charge in [0.25, 0.3) is 11.6 Å². The Hall–Kier alpha value is -3.62. The normalized spacial score (nSPS) is 13.7. The van der Waals surface area contributed by atoms with Gasteiger partial charge in [0, 0.05) is 29.8 Å². The van der Waals surface area contributed by atoms with Gasteiger partial charge in [0.1, 0.15) is 5.60 Å². The summed E-state index contributed by atoms with van der Waals surface area (Å²) in [5.41, 5.74) is 0.931. The van der Waals surface area contributed by atoms with Crippen LogP contribution in [0.1, 0.15) is 19.4 Å². The maximum Gasteiger partial charge on any atom is 0.344 e. The van der Waals surface area contributed by atoms with Crippen molar-refractivity contribution < 1.29 is 28.7 Å². The Morgan fingerprint density at radius 2 is 1.90 bits per heavy atom. The molecule has 1 heterocycles. The molecule has 0 spiro atoms. The number of benzene rings is 2. The predicted molar refractivity (Wildman–Crippen MR) is 103 cm³/mol. The highest BCUT2D eigenvalue weighted by molar-refractivity contribution is 5.92. The summed E-state index contributed by atoms with van der Waals surface area (Å²) in [5, 5.41) is 13.1. The van der Waals surface area contributed by atoms with Crippen LogP contribution in [0.3, 0.4) is 0 Å². The van der Waals surface area contributed by atoms with E-state index in [1.54, 1.807) is 6.07 Å². The minimum absolute atomic E-state index is 0.0914. The number of nitrogens with one attached hydrogen (secondary N) is 1. The first kappa shape index (κ1) is 20.1. The van der Waals surface area contributed by atoms with Gasteiger partial charge in [-0.15, -0.1) is 0 Å². The Morgan fingerprint density at radius 3 is 2.59 bits per heavy atom. The fourth-order valence-corrected chi connectivity index (χ4v) is 2.89. The van der Waals surface area contributed by atoms with Crippen LogP contribution in [0.25, 0.3) is 0 Å². The molecule has 0 unspecified atom stereocenters. The number of nitrogens with zero attached hydrogens (tertiary/aromatic N) is 1. The highest BCUT2D eigenvalue weighted by atomic mass is 16.6. The predicted octanol–water partition coefficient (Wildman–Crippen LogP) is 2.87. The molecule has 0 aromatic heterocycles. The van der Waals surface area contributed by atoms with E-state index < -0.39 is 23.4 Å². The summed E-state index contributed by atoms with van der Waals surface area (Å²) in [5.74, 6) is -0.224. The summed E-state index contributed by atoms with van der Waals surface area (Å²) in [6.07, 6.45) is 0.743. The first-order valence-corrected chi connectivity index (χ1v) is 8.87. The molecule has 0 saturated carbocycles. The third-order valence-corrected chi connectivity index (χ3v) is 4.13. The van der Waals surface area contributed by atoms with Crippen LogP contribution in [0.2, 0.25) is 0 Å². The zero-order valence-corrected chi connectivity index (χ0v) is 16.0. The Labute approximate surface area is 166 Å². The zero-order valence-electron chi connectivity index (χ0n) is 16.0. The van der Waals surface area contributed by atoms with Crippen LogP contribution in [0.15, 0.2) is 42.5 Å². The number of hydrogen-bond acceptors (Lipinski definition) is 7. The van der Waals surface area contributed by atoms with Crippen molar-refractivity contribution in [2.45, 2.75) is 25.9 Å². The maximum absolute atomic E-state index is 11.9. The van der Waals surface area contributed by atoms with E-state index in [1.807, 2.05) is 26.0 Å². The van der Waals surface area contributed by atoms with Crippen molar-refractivity contribution in [1.29, 1.82) is 0 Å². The van der Waals surface area contributed by atoms with E-state index in [2.05, 4.69) is 5.32 Å². The standard InChI is InChI=1S/C20H20N2O7/c1-20(2)10-13-4-3-5-16(19(13)29-20)27-12-18(24)28-11-17(23)21-14-6-8-15(9-7-14)22(25)26/h3-9H,10-12H2,1-2H3,(H,21,23). The Bertz CT molecular complexity index is 938. The molecular weight excluding hydrogens is 380 g/mol. The molecule has 0 fully saturated rings. The lowest BCUT2D eigenvalue weighted by molar-refractivity contribution is -0.384. The van der Waals surface area contributed by atoms with E-state index in [4.69, 9.17) is 14.2 Å². The second-order valence-corrected chi connectivity index (χ2v) is 7.08. The van der Waals surface area contributed by atoms with Crippen molar-refractivity contribution in [3.05, 3.63) is 58.1 Å². The average molecular weight is 400 g/mol. The number of nitro groups is 1. The molecule has 2 aromatic rings. The number of hydrogen-bond donors (Lipinski definition) is 1. The number of carbonyl (C=O) groups is 2. The van der Waals surface area contributed by atoms with Gasteiger partial charge in [0.05, 0.1) is 4.92 Å². The highest BCUT2D eigenvalue weighted by Crippen LogP contribution is 2.41. The largest absolute Gasteiger partial charge is 0.483 e. The minimum Gasteiger partial charge on any atom is -0.483 e. The summed E-state index contributed by atoms with van der Waals surface area (Å²) in [6.45, 7) is 3.06. The van der Waals surface area contributed by atoms with E-state index in [1.165, 1.54) is 24.3 Å². The summed E-state index contributed by atoms with van der Waals surface area (Å²) >= 11 is 0. The average Bonchev–Trinajstić information content (AvgIpc) is 2.99. The lowest BCUT2D eigenvalue weighted by atomic mass is 10.0. The molecule has 9 heteroatoms. The molecule has 0 aliphatic carbocycles. The van der Waals surface area contributed by atoms with Gasteiger partial charge in [0.2, 0.25) is 0 Å². The molecule has 0 atom stereocenters. The third kappa shape index (κ3) is 5.22. The molecule has 1 amide bonds. The first-order valence-electron chi connectivity index (χ1n) is 8.87. The number of nitro benzene ring substituents is 1. The van der Waals surface area contributed by atoms with Crippen LogP contribution < -0.4 is 14.8 Å². The van der Waals surface area contributed by atoms with Gasteiger partial charge < -0.3 is 19.5 Å². The molecule has 3 rings (SSSR count). The molecule has 0 radical (unpaired) electrons. The van der Waals surface area contributed by atoms with Gasteiger partial charge >= 0.3 is 5.97 Å². The molecule has 2 aromatic carbocycles. The van der Waals surface area contributed by atoms with E-state index >= 15 is 0 Å². The van der Waals surface area contributed by atoms with E-state index in [0.29, 0.717) is 17.2 Å². The number of anilines is 1. The van der Waals surface area contributed by atoms with Crippen molar-refractivity contribution in [2.75, 3.05) is 18.5 Å². The van der Waals surface area contributed by atoms with Crippen LogP contribution in [0.4, 0.5) is 11.4 Å². The molecule has 1 N–H and O–H groups in total. The van der Waals surface area contributed by atoms with Gasteiger partial charge in [-0.05, 0) is 32.0 Å². The summed E-state index contributed by atoms with van der Waals surface area (Å²) in [4.78, 5) is 33.8. The summed E-state index contributed by atoms with van der Waals surface area (Å²) in [7, 11) is 0. The van der Waals surface area contributed by atoms with Gasteiger partial charge in [-0.25, -0.2) is 4.79 Å². The van der Waals surface area contributed by atoms with Gasteiger partial charge in [-0.3, -0.25) is 14.9 Å². The molecular formula is C20H20N2O7. The number of rotatable bonds is 7. The molecule has 1 aliphatic rings. The van der Waals surface area contributed by atoms with Gasteiger partial charge in [0.15, 0.2) is 24.7 Å². The fraction of sp³-hybridized carbons (Fsp3) is 0.300. The van der Waals surface area contributed by atoms with E-state index in [9.17, 15) is 19.7 Å². The lowest BCUT2D eigenvalue weighted by Gasteiger charge is -2.18. The number of para-hydroxylation sites is 1. The second-order valence-electron chi connectivity index (χ2n) is 7.08. The van der Waals surface area contributed by atoms with E-state index in [-0.39, 0.29) is 17.9 Å². The van der Waals surface area contributed by atoms with Crippen LogP contribution in [0, 0.1) is 10.1 Å². The molecule has 0 bridgehead atoms. The van der Waals surface area contributed by atoms with Crippen LogP contribution in [-0.2, 0) is 20.7 Å². The molecule has 1 aliphatic heterocycles. The van der Waals surface area contributed by atoms with Crippen molar-refractivity contribution in [2.24, 2.45) is 0 Å². The molecule has 0 saturated heterocycles. The second kappa shape index (κ2) is 8.17. The smallest absolute Gasteiger partial charge is 0.344 e. The number of carbonyl (C=O) groups excluding carboxylic acids is 2. The minimum atomic E-state index is -0.710. The summed E-state index contributed by atoms with van der Waals surface area (Å²) < 4.78 is 16.3. The Morgan fingerprint density at radius 1 is 1.17 bits per heavy atom. The van der Waals surface area contributed by atoms with Crippen molar-refractivity contribution in [3.63, 3.8) is 0 Å². The van der Waals surface area contributed by atoms with Gasteiger partial charge in [-0.2, -0.15) is 0 Å². The maximum atomic E-state index is 11.9. The number of amides is 1. The topological polar surface area (TPSA) is 117 Å². The first-order chi connectivity index (χ1) is 13.7. The summed E-state index contributed by atoms with van der Waals surface area (Å²) in [6, 6.07) is 10.8. The van der Waals surface area contributed by atoms with E-state index in [0.717, 1.165) is 12.0 Å². The van der Waals surface area contributed by atoms with Crippen molar-refractivity contribution >= 4 is 23.3 Å². The Kier molecular flexibility index (Phi) is 5.67. The number of non-ortho nitro benzene ring substituents is 1. The molecule has 152 valence electrons. The quantitative estimate of drug-likeness (QED) is 0.431. The van der Waals surface area contributed by atoms with Crippen LogP contribution in [0.5, 0.6) is 11.5 Å². The molecule has 29 heavy (non-hydrogen) atoms. The van der Waals surface area contributed by atoms with Gasteiger partial charge in [-0.1, -0.05) is 12.1 Å². The molecule has 9 nitrogen and oxygen atoms in total. The fourth-order valence-electron chi connectivity index (χ4n) is 2.89. The monoisotopic (exact) mass is 400 g/mol. The number of esters is 1. The zero-order chi connectivity index (χ0) is 21.0. The Balaban J connectivity index is 1.45. The lowest BCUT2D eigenvalue weighted by Crippen LogP contribution is -2.25. The van der Waals surface area contributed by atoms with Crippen molar-refractivity contribution in [3.8, 4) is 11.5 Å². The van der Waals surface area contributed by atoms with Crippen LogP contribution >= 0.6 is 0 Å². The third-order valence-electron chi connectivity index (χ3n) is 4.13. The number of fused-ring (bicyclic) bond motifs is 1. The van der Waals surface area contributed by atoms with Crippen LogP contribution in [-0.4, -0.2) is 35.6 Å². The van der Waals surface area contributed by atoms with Crippen molar-refractivity contribution in [1.82, 2.24) is 0 Å².